The predicted octanol–water partition coefficient (Wildman–Crippen LogP) is 1.64. The summed E-state index contributed by atoms with van der Waals surface area (Å²) >= 11 is 0. The van der Waals surface area contributed by atoms with Crippen LogP contribution in [0.4, 0.5) is 0 Å². The van der Waals surface area contributed by atoms with Crippen LogP contribution in [0.15, 0.2) is 24.3 Å². The van der Waals surface area contributed by atoms with Crippen molar-refractivity contribution in [3.63, 3.8) is 0 Å². The van der Waals surface area contributed by atoms with E-state index in [1.54, 1.807) is 0 Å². The van der Waals surface area contributed by atoms with Crippen molar-refractivity contribution < 1.29 is 13.2 Å². The highest BCUT2D eigenvalue weighted by molar-refractivity contribution is 7.89. The third kappa shape index (κ3) is 3.70. The summed E-state index contributed by atoms with van der Waals surface area (Å²) in [6, 6.07) is 8.45. The molecule has 1 aromatic rings. The molecule has 2 aliphatic rings. The quantitative estimate of drug-likeness (QED) is 0.857. The molecule has 128 valence electrons. The Morgan fingerprint density at radius 3 is 2.83 bits per heavy atom. The second-order valence-electron chi connectivity index (χ2n) is 6.99. The number of rotatable bonds is 6. The highest BCUT2D eigenvalue weighted by Crippen LogP contribution is 2.41. The molecule has 1 atom stereocenters. The average Bonchev–Trinajstić information content (AvgIpc) is 2.50. The fourth-order valence-electron chi connectivity index (χ4n) is 3.52. The van der Waals surface area contributed by atoms with Gasteiger partial charge in [0.1, 0.15) is 5.75 Å². The number of fused-ring (bicyclic) bond motifs is 1. The van der Waals surface area contributed by atoms with Crippen molar-refractivity contribution in [3.05, 3.63) is 29.8 Å². The number of nitrogens with one attached hydrogen (secondary N) is 1. The summed E-state index contributed by atoms with van der Waals surface area (Å²) in [5.41, 5.74) is 1.49. The lowest BCUT2D eigenvalue weighted by Crippen LogP contribution is -2.64. The van der Waals surface area contributed by atoms with E-state index >= 15 is 0 Å². The Morgan fingerprint density at radius 1 is 1.35 bits per heavy atom. The van der Waals surface area contributed by atoms with Gasteiger partial charge in [-0.05, 0) is 31.4 Å². The van der Waals surface area contributed by atoms with Crippen LogP contribution in [-0.2, 0) is 16.4 Å². The molecular formula is C17H26N2O3S. The molecule has 1 saturated heterocycles. The molecular weight excluding hydrogens is 312 g/mol. The Kier molecular flexibility index (Phi) is 4.67. The minimum Gasteiger partial charge on any atom is -0.493 e. The first-order chi connectivity index (χ1) is 10.9. The highest BCUT2D eigenvalue weighted by atomic mass is 32.2. The number of ether oxygens (including phenoxy) is 1. The molecule has 0 bridgehead atoms. The van der Waals surface area contributed by atoms with Gasteiger partial charge >= 0.3 is 0 Å². The smallest absolute Gasteiger partial charge is 0.211 e. The SMILES string of the molecule is CCCS(=O)(=O)NCC(C)N1CC2(COc3ccccc3C2)C1. The van der Waals surface area contributed by atoms with Crippen molar-refractivity contribution in [1.29, 1.82) is 0 Å². The maximum absolute atomic E-state index is 11.7. The van der Waals surface area contributed by atoms with Gasteiger partial charge in [0.05, 0.1) is 12.4 Å². The van der Waals surface area contributed by atoms with E-state index in [0.29, 0.717) is 13.0 Å². The lowest BCUT2D eigenvalue weighted by molar-refractivity contribution is -0.0615. The molecule has 0 aromatic heterocycles. The molecule has 1 fully saturated rings. The van der Waals surface area contributed by atoms with Crippen LogP contribution in [0.25, 0.3) is 0 Å². The molecule has 0 radical (unpaired) electrons. The molecule has 0 amide bonds. The van der Waals surface area contributed by atoms with Crippen LogP contribution >= 0.6 is 0 Å². The molecule has 0 aliphatic carbocycles. The van der Waals surface area contributed by atoms with Crippen molar-refractivity contribution >= 4 is 10.0 Å². The van der Waals surface area contributed by atoms with Crippen LogP contribution < -0.4 is 9.46 Å². The predicted molar refractivity (Wildman–Crippen MR) is 91.2 cm³/mol. The van der Waals surface area contributed by atoms with E-state index in [1.165, 1.54) is 5.56 Å². The first kappa shape index (κ1) is 16.7. The third-order valence-electron chi connectivity index (χ3n) is 4.84. The Morgan fingerprint density at radius 2 is 2.09 bits per heavy atom. The Bertz CT molecular complexity index is 654. The van der Waals surface area contributed by atoms with E-state index < -0.39 is 10.0 Å². The molecule has 2 aliphatic heterocycles. The number of hydrogen-bond donors (Lipinski definition) is 1. The summed E-state index contributed by atoms with van der Waals surface area (Å²) in [6.07, 6.45) is 1.70. The number of benzene rings is 1. The number of sulfonamides is 1. The van der Waals surface area contributed by atoms with Gasteiger partial charge < -0.3 is 4.74 Å². The topological polar surface area (TPSA) is 58.6 Å². The summed E-state index contributed by atoms with van der Waals surface area (Å²) in [7, 11) is -3.12. The van der Waals surface area contributed by atoms with Crippen LogP contribution in [0, 0.1) is 5.41 Å². The first-order valence-corrected chi connectivity index (χ1v) is 10.0. The van der Waals surface area contributed by atoms with Crippen molar-refractivity contribution in [3.8, 4) is 5.75 Å². The first-order valence-electron chi connectivity index (χ1n) is 8.35. The zero-order valence-corrected chi connectivity index (χ0v) is 14.7. The maximum Gasteiger partial charge on any atom is 0.211 e. The van der Waals surface area contributed by atoms with Gasteiger partial charge in [0.25, 0.3) is 0 Å². The van der Waals surface area contributed by atoms with Crippen molar-refractivity contribution in [2.75, 3.05) is 32.0 Å². The number of hydrogen-bond acceptors (Lipinski definition) is 4. The van der Waals surface area contributed by atoms with Crippen LogP contribution in [-0.4, -0.2) is 51.4 Å². The normalized spacial score (nSPS) is 21.3. The molecule has 0 saturated carbocycles. The Balaban J connectivity index is 1.51. The van der Waals surface area contributed by atoms with E-state index in [0.717, 1.165) is 31.9 Å². The zero-order chi connectivity index (χ0) is 16.5. The molecule has 1 spiro atoms. The fourth-order valence-corrected chi connectivity index (χ4v) is 4.70. The lowest BCUT2D eigenvalue weighted by atomic mass is 9.73. The van der Waals surface area contributed by atoms with Gasteiger partial charge in [-0.1, -0.05) is 25.1 Å². The van der Waals surface area contributed by atoms with Gasteiger partial charge in [-0.25, -0.2) is 13.1 Å². The minimum atomic E-state index is -3.12. The van der Waals surface area contributed by atoms with Crippen LogP contribution in [0.2, 0.25) is 0 Å². The fraction of sp³-hybridized carbons (Fsp3) is 0.647. The number of nitrogens with zero attached hydrogens (tertiary/aromatic N) is 1. The summed E-state index contributed by atoms with van der Waals surface area (Å²) in [4.78, 5) is 2.34. The maximum atomic E-state index is 11.7. The molecule has 23 heavy (non-hydrogen) atoms. The number of para-hydroxylation sites is 1. The monoisotopic (exact) mass is 338 g/mol. The van der Waals surface area contributed by atoms with Gasteiger partial charge in [0.2, 0.25) is 10.0 Å². The molecule has 1 aromatic carbocycles. The van der Waals surface area contributed by atoms with E-state index in [2.05, 4.69) is 28.7 Å². The third-order valence-corrected chi connectivity index (χ3v) is 6.40. The van der Waals surface area contributed by atoms with Crippen molar-refractivity contribution in [1.82, 2.24) is 9.62 Å². The molecule has 5 nitrogen and oxygen atoms in total. The lowest BCUT2D eigenvalue weighted by Gasteiger charge is -2.54. The van der Waals surface area contributed by atoms with E-state index in [9.17, 15) is 8.42 Å². The van der Waals surface area contributed by atoms with E-state index in [4.69, 9.17) is 4.74 Å². The Labute approximate surface area is 139 Å². The second-order valence-corrected chi connectivity index (χ2v) is 8.92. The van der Waals surface area contributed by atoms with Gasteiger partial charge in [-0.2, -0.15) is 0 Å². The summed E-state index contributed by atoms with van der Waals surface area (Å²) in [5, 5.41) is 0. The van der Waals surface area contributed by atoms with Crippen molar-refractivity contribution in [2.24, 2.45) is 5.41 Å². The largest absolute Gasteiger partial charge is 0.493 e. The molecule has 3 rings (SSSR count). The second kappa shape index (κ2) is 6.42. The summed E-state index contributed by atoms with van der Waals surface area (Å²) in [5.74, 6) is 1.21. The Hall–Kier alpha value is -1.11. The molecule has 1 unspecified atom stereocenters. The average molecular weight is 338 g/mol. The van der Waals surface area contributed by atoms with Gasteiger partial charge in [-0.3, -0.25) is 4.90 Å². The van der Waals surface area contributed by atoms with Crippen LogP contribution in [0.5, 0.6) is 5.75 Å². The van der Waals surface area contributed by atoms with Crippen LogP contribution in [0.1, 0.15) is 25.8 Å². The highest BCUT2D eigenvalue weighted by Gasteiger charge is 2.47. The van der Waals surface area contributed by atoms with Crippen LogP contribution in [0.3, 0.4) is 0 Å². The molecule has 1 N–H and O–H groups in total. The van der Waals surface area contributed by atoms with Gasteiger partial charge in [0, 0.05) is 31.1 Å². The summed E-state index contributed by atoms with van der Waals surface area (Å²) in [6.45, 7) is 7.14. The zero-order valence-electron chi connectivity index (χ0n) is 13.9. The number of likely N-dealkylation sites (tertiary alicyclic amines) is 1. The minimum absolute atomic E-state index is 0.199. The van der Waals surface area contributed by atoms with Crippen molar-refractivity contribution in [2.45, 2.75) is 32.7 Å². The standard InChI is InChI=1S/C17H26N2O3S/c1-3-8-23(20,21)18-10-14(2)19-11-17(12-19)9-15-6-4-5-7-16(15)22-13-17/h4-7,14,18H,3,8-13H2,1-2H3. The summed E-state index contributed by atoms with van der Waals surface area (Å²) < 4.78 is 32.1. The van der Waals surface area contributed by atoms with Gasteiger partial charge in [0.15, 0.2) is 0 Å². The molecule has 6 heteroatoms. The van der Waals surface area contributed by atoms with E-state index in [1.807, 2.05) is 19.1 Å². The molecule has 2 heterocycles. The van der Waals surface area contributed by atoms with E-state index in [-0.39, 0.29) is 17.2 Å². The van der Waals surface area contributed by atoms with Gasteiger partial charge in [-0.15, -0.1) is 0 Å².